The lowest BCUT2D eigenvalue weighted by molar-refractivity contribution is -0.129. The molecule has 0 aliphatic carbocycles. The Labute approximate surface area is 219 Å². The summed E-state index contributed by atoms with van der Waals surface area (Å²) >= 11 is 6.73. The highest BCUT2D eigenvalue weighted by Crippen LogP contribution is 2.31. The molecule has 0 aromatic heterocycles. The number of ether oxygens (including phenoxy) is 2. The minimum Gasteiger partial charge on any atom is -0.487 e. The van der Waals surface area contributed by atoms with Crippen LogP contribution in [0.1, 0.15) is 16.7 Å². The number of nitrogens with zero attached hydrogens (tertiary/aromatic N) is 1. The quantitative estimate of drug-likeness (QED) is 0.169. The molecular weight excluding hydrogens is 738 g/mol. The van der Waals surface area contributed by atoms with Crippen LogP contribution in [0.2, 0.25) is 0 Å². The van der Waals surface area contributed by atoms with Crippen molar-refractivity contribution in [3.05, 3.63) is 99.6 Å². The van der Waals surface area contributed by atoms with E-state index in [1.165, 1.54) is 12.1 Å². The Morgan fingerprint density at radius 1 is 0.968 bits per heavy atom. The van der Waals surface area contributed by atoms with Crippen molar-refractivity contribution < 1.29 is 18.7 Å². The first-order chi connectivity index (χ1) is 14.9. The topological polar surface area (TPSA) is 47.9 Å². The number of hydrogen-bond donors (Lipinski definition) is 0. The number of halogens is 4. The van der Waals surface area contributed by atoms with Gasteiger partial charge in [0.05, 0.1) is 7.14 Å². The zero-order valence-corrected chi connectivity index (χ0v) is 22.2. The van der Waals surface area contributed by atoms with Gasteiger partial charge in [0.15, 0.2) is 5.70 Å². The predicted octanol–water partition coefficient (Wildman–Crippen LogP) is 6.56. The molecule has 0 N–H and O–H groups in total. The van der Waals surface area contributed by atoms with Gasteiger partial charge in [-0.25, -0.2) is 14.2 Å². The maximum absolute atomic E-state index is 13.5. The van der Waals surface area contributed by atoms with E-state index in [1.54, 1.807) is 18.2 Å². The van der Waals surface area contributed by atoms with E-state index >= 15 is 0 Å². The van der Waals surface area contributed by atoms with Gasteiger partial charge in [-0.2, -0.15) is 0 Å². The van der Waals surface area contributed by atoms with E-state index in [9.17, 15) is 9.18 Å². The van der Waals surface area contributed by atoms with Crippen molar-refractivity contribution in [3.8, 4) is 5.75 Å². The van der Waals surface area contributed by atoms with Crippen molar-refractivity contribution in [1.29, 1.82) is 0 Å². The molecular formula is C23H13FI3NO3. The Hall–Kier alpha value is -1.54. The van der Waals surface area contributed by atoms with Gasteiger partial charge < -0.3 is 9.47 Å². The maximum atomic E-state index is 13.5. The van der Waals surface area contributed by atoms with Gasteiger partial charge >= 0.3 is 5.97 Å². The monoisotopic (exact) mass is 751 g/mol. The zero-order chi connectivity index (χ0) is 22.0. The normalized spacial score (nSPS) is 14.5. The summed E-state index contributed by atoms with van der Waals surface area (Å²) in [6.07, 6.45) is 1.66. The summed E-state index contributed by atoms with van der Waals surface area (Å²) in [5, 5.41) is 0. The lowest BCUT2D eigenvalue weighted by atomic mass is 10.2. The van der Waals surface area contributed by atoms with Gasteiger partial charge in [0, 0.05) is 14.7 Å². The van der Waals surface area contributed by atoms with Crippen molar-refractivity contribution in [2.45, 2.75) is 6.61 Å². The highest BCUT2D eigenvalue weighted by Gasteiger charge is 2.24. The molecule has 0 bridgehead atoms. The molecule has 0 spiro atoms. The fourth-order valence-corrected chi connectivity index (χ4v) is 5.55. The molecule has 4 nitrogen and oxygen atoms in total. The lowest BCUT2D eigenvalue weighted by Crippen LogP contribution is -2.05. The number of esters is 1. The molecule has 0 amide bonds. The predicted molar refractivity (Wildman–Crippen MR) is 142 cm³/mol. The van der Waals surface area contributed by atoms with E-state index in [0.29, 0.717) is 12.2 Å². The molecule has 156 valence electrons. The number of aliphatic imine (C=N–C) groups is 1. The molecule has 1 heterocycles. The molecule has 3 aromatic rings. The van der Waals surface area contributed by atoms with Gasteiger partial charge in [0.1, 0.15) is 18.2 Å². The number of rotatable bonds is 5. The van der Waals surface area contributed by atoms with Crippen LogP contribution < -0.4 is 4.74 Å². The molecule has 1 aliphatic heterocycles. The zero-order valence-electron chi connectivity index (χ0n) is 15.7. The van der Waals surface area contributed by atoms with Crippen molar-refractivity contribution in [3.63, 3.8) is 0 Å². The second-order valence-electron chi connectivity index (χ2n) is 6.54. The Kier molecular flexibility index (Phi) is 7.26. The summed E-state index contributed by atoms with van der Waals surface area (Å²) < 4.78 is 27.7. The van der Waals surface area contributed by atoms with Crippen LogP contribution in [-0.4, -0.2) is 11.9 Å². The van der Waals surface area contributed by atoms with Gasteiger partial charge in [-0.3, -0.25) is 0 Å². The summed E-state index contributed by atoms with van der Waals surface area (Å²) in [5.74, 6) is -0.0969. The van der Waals surface area contributed by atoms with Crippen LogP contribution in [0.4, 0.5) is 4.39 Å². The van der Waals surface area contributed by atoms with Gasteiger partial charge in [-0.15, -0.1) is 0 Å². The third-order valence-corrected chi connectivity index (χ3v) is 7.00. The van der Waals surface area contributed by atoms with E-state index in [-0.39, 0.29) is 11.6 Å². The molecule has 0 unspecified atom stereocenters. The third kappa shape index (κ3) is 5.45. The Bertz CT molecular complexity index is 1220. The van der Waals surface area contributed by atoms with Gasteiger partial charge in [0.25, 0.3) is 0 Å². The van der Waals surface area contributed by atoms with E-state index < -0.39 is 11.8 Å². The summed E-state index contributed by atoms with van der Waals surface area (Å²) in [5.41, 5.74) is 2.50. The molecule has 31 heavy (non-hydrogen) atoms. The van der Waals surface area contributed by atoms with E-state index in [4.69, 9.17) is 9.47 Å². The van der Waals surface area contributed by atoms with Crippen LogP contribution >= 0.6 is 67.8 Å². The number of hydrogen-bond acceptors (Lipinski definition) is 4. The Balaban J connectivity index is 1.57. The SMILES string of the molecule is O=C1OC(c2cccc(F)c2)=N/C1=C\c1cc(I)c(OCc2ccccc2I)c(I)c1. The minimum absolute atomic E-state index is 0.0950. The summed E-state index contributed by atoms with van der Waals surface area (Å²) in [6, 6.07) is 17.7. The van der Waals surface area contributed by atoms with E-state index in [0.717, 1.165) is 27.6 Å². The van der Waals surface area contributed by atoms with Crippen molar-refractivity contribution in [1.82, 2.24) is 0 Å². The molecule has 1 aliphatic rings. The smallest absolute Gasteiger partial charge is 0.363 e. The summed E-state index contributed by atoms with van der Waals surface area (Å²) in [7, 11) is 0. The third-order valence-electron chi connectivity index (χ3n) is 4.35. The van der Waals surface area contributed by atoms with Crippen LogP contribution in [-0.2, 0) is 16.1 Å². The number of cyclic esters (lactones) is 1. The molecule has 4 rings (SSSR count). The summed E-state index contributed by atoms with van der Waals surface area (Å²) in [6.45, 7) is 0.471. The van der Waals surface area contributed by atoms with Crippen molar-refractivity contribution in [2.75, 3.05) is 0 Å². The standard InChI is InChI=1S/C23H13FI3NO3/c24-16-6-3-5-14(11-16)22-28-20(23(29)31-22)10-13-8-18(26)21(19(27)9-13)30-12-15-4-1-2-7-17(15)25/h1-11H,12H2/b20-10-. The molecule has 0 saturated heterocycles. The van der Waals surface area contributed by atoms with Gasteiger partial charge in [-0.1, -0.05) is 24.3 Å². The highest BCUT2D eigenvalue weighted by molar-refractivity contribution is 14.1. The van der Waals surface area contributed by atoms with Crippen molar-refractivity contribution in [2.24, 2.45) is 4.99 Å². The number of benzene rings is 3. The molecule has 3 aromatic carbocycles. The minimum atomic E-state index is -0.566. The van der Waals surface area contributed by atoms with Crippen LogP contribution in [0, 0.1) is 16.5 Å². The Morgan fingerprint density at radius 2 is 1.71 bits per heavy atom. The average Bonchev–Trinajstić information content (AvgIpc) is 3.09. The molecule has 0 atom stereocenters. The number of carbonyl (C=O) groups is 1. The molecule has 0 saturated carbocycles. The van der Waals surface area contributed by atoms with Crippen LogP contribution in [0.3, 0.4) is 0 Å². The average molecular weight is 751 g/mol. The lowest BCUT2D eigenvalue weighted by Gasteiger charge is -2.12. The molecule has 8 heteroatoms. The van der Waals surface area contributed by atoms with Gasteiger partial charge in [0.2, 0.25) is 5.90 Å². The molecule has 0 radical (unpaired) electrons. The maximum Gasteiger partial charge on any atom is 0.363 e. The van der Waals surface area contributed by atoms with Crippen LogP contribution in [0.25, 0.3) is 6.08 Å². The van der Waals surface area contributed by atoms with E-state index in [2.05, 4.69) is 72.8 Å². The first kappa shape index (κ1) is 22.6. The largest absolute Gasteiger partial charge is 0.487 e. The van der Waals surface area contributed by atoms with Crippen LogP contribution in [0.15, 0.2) is 71.4 Å². The first-order valence-corrected chi connectivity index (χ1v) is 12.3. The Morgan fingerprint density at radius 3 is 2.42 bits per heavy atom. The fourth-order valence-electron chi connectivity index (χ4n) is 2.88. The summed E-state index contributed by atoms with van der Waals surface area (Å²) in [4.78, 5) is 16.5. The second kappa shape index (κ2) is 9.94. The second-order valence-corrected chi connectivity index (χ2v) is 10.0. The van der Waals surface area contributed by atoms with Crippen LogP contribution in [0.5, 0.6) is 5.75 Å². The van der Waals surface area contributed by atoms with Gasteiger partial charge in [-0.05, 0) is 116 Å². The molecule has 0 fully saturated rings. The first-order valence-electron chi connectivity index (χ1n) is 9.04. The highest BCUT2D eigenvalue weighted by atomic mass is 127. The fraction of sp³-hybridized carbons (Fsp3) is 0.0435. The number of carbonyl (C=O) groups excluding carboxylic acids is 1. The van der Waals surface area contributed by atoms with Crippen molar-refractivity contribution >= 4 is 85.7 Å². The van der Waals surface area contributed by atoms with E-state index in [1.807, 2.05) is 36.4 Å².